The van der Waals surface area contributed by atoms with Crippen LogP contribution < -0.4 is 5.73 Å². The Morgan fingerprint density at radius 2 is 1.88 bits per heavy atom. The first-order valence-electron chi connectivity index (χ1n) is 6.19. The van der Waals surface area contributed by atoms with Gasteiger partial charge in [0.2, 0.25) is 11.8 Å². The third-order valence-electron chi connectivity index (χ3n) is 3.20. The fraction of sp³-hybridized carbons (Fsp3) is 0.833. The van der Waals surface area contributed by atoms with Gasteiger partial charge in [-0.2, -0.15) is 0 Å². The van der Waals surface area contributed by atoms with Crippen LogP contribution in [-0.2, 0) is 9.59 Å². The van der Waals surface area contributed by atoms with Gasteiger partial charge in [-0.3, -0.25) is 9.59 Å². The Kier molecular flexibility index (Phi) is 4.93. The van der Waals surface area contributed by atoms with E-state index in [2.05, 4.69) is 0 Å². The van der Waals surface area contributed by atoms with Crippen LogP contribution >= 0.6 is 0 Å². The standard InChI is InChI=1S/C12H23N3O2/c1-4-15(8-12(17)14(2)3)11(16)7-10(13)9-5-6-9/h9-10H,4-8,13H2,1-3H3. The normalized spacial score (nSPS) is 16.5. The van der Waals surface area contributed by atoms with Crippen LogP contribution in [0.25, 0.3) is 0 Å². The third kappa shape index (κ3) is 4.34. The molecule has 2 amide bonds. The third-order valence-corrected chi connectivity index (χ3v) is 3.20. The molecule has 0 spiro atoms. The van der Waals surface area contributed by atoms with Crippen molar-refractivity contribution in [2.75, 3.05) is 27.2 Å². The largest absolute Gasteiger partial charge is 0.347 e. The van der Waals surface area contributed by atoms with E-state index in [4.69, 9.17) is 5.73 Å². The highest BCUT2D eigenvalue weighted by Crippen LogP contribution is 2.32. The van der Waals surface area contributed by atoms with Crippen molar-refractivity contribution in [2.45, 2.75) is 32.2 Å². The molecular formula is C12H23N3O2. The molecule has 98 valence electrons. The summed E-state index contributed by atoms with van der Waals surface area (Å²) in [5.41, 5.74) is 5.92. The van der Waals surface area contributed by atoms with E-state index in [-0.39, 0.29) is 24.4 Å². The summed E-state index contributed by atoms with van der Waals surface area (Å²) in [7, 11) is 3.38. The lowest BCUT2D eigenvalue weighted by Gasteiger charge is -2.23. The second kappa shape index (κ2) is 6.00. The summed E-state index contributed by atoms with van der Waals surface area (Å²) in [6, 6.07) is -0.0361. The van der Waals surface area contributed by atoms with Gasteiger partial charge >= 0.3 is 0 Å². The molecule has 0 radical (unpaired) electrons. The molecule has 1 rings (SSSR count). The first-order valence-corrected chi connectivity index (χ1v) is 6.19. The van der Waals surface area contributed by atoms with E-state index in [1.54, 1.807) is 19.0 Å². The number of rotatable bonds is 6. The second-order valence-electron chi connectivity index (χ2n) is 4.90. The van der Waals surface area contributed by atoms with Crippen LogP contribution in [0.3, 0.4) is 0 Å². The molecule has 0 aromatic carbocycles. The average molecular weight is 241 g/mol. The van der Waals surface area contributed by atoms with Crippen LogP contribution in [0.4, 0.5) is 0 Å². The summed E-state index contributed by atoms with van der Waals surface area (Å²) < 4.78 is 0. The predicted octanol–water partition coefficient (Wildman–Crippen LogP) is 0.0505. The first kappa shape index (κ1) is 14.0. The van der Waals surface area contributed by atoms with Crippen molar-refractivity contribution in [1.82, 2.24) is 9.80 Å². The van der Waals surface area contributed by atoms with Gasteiger partial charge in [-0.25, -0.2) is 0 Å². The molecule has 17 heavy (non-hydrogen) atoms. The molecule has 0 bridgehead atoms. The molecule has 2 N–H and O–H groups in total. The van der Waals surface area contributed by atoms with Crippen LogP contribution in [0.2, 0.25) is 0 Å². The van der Waals surface area contributed by atoms with Gasteiger partial charge in [-0.1, -0.05) is 0 Å². The molecule has 1 unspecified atom stereocenters. The van der Waals surface area contributed by atoms with E-state index >= 15 is 0 Å². The van der Waals surface area contributed by atoms with Crippen molar-refractivity contribution >= 4 is 11.8 Å². The van der Waals surface area contributed by atoms with E-state index in [1.807, 2.05) is 6.92 Å². The maximum Gasteiger partial charge on any atom is 0.241 e. The summed E-state index contributed by atoms with van der Waals surface area (Å²) in [4.78, 5) is 26.6. The van der Waals surface area contributed by atoms with Crippen molar-refractivity contribution < 1.29 is 9.59 Å². The Morgan fingerprint density at radius 1 is 1.29 bits per heavy atom. The highest BCUT2D eigenvalue weighted by atomic mass is 16.2. The Hall–Kier alpha value is -1.10. The molecule has 0 aromatic rings. The lowest BCUT2D eigenvalue weighted by Crippen LogP contribution is -2.42. The topological polar surface area (TPSA) is 66.6 Å². The van der Waals surface area contributed by atoms with E-state index < -0.39 is 0 Å². The van der Waals surface area contributed by atoms with Gasteiger partial charge < -0.3 is 15.5 Å². The van der Waals surface area contributed by atoms with E-state index in [9.17, 15) is 9.59 Å². The molecule has 1 aliphatic carbocycles. The molecule has 5 heteroatoms. The number of carbonyl (C=O) groups is 2. The highest BCUT2D eigenvalue weighted by molar-refractivity contribution is 5.84. The Morgan fingerprint density at radius 3 is 2.29 bits per heavy atom. The first-order chi connectivity index (χ1) is 7.95. The number of hydrogen-bond acceptors (Lipinski definition) is 3. The number of hydrogen-bond donors (Lipinski definition) is 1. The van der Waals surface area contributed by atoms with E-state index in [0.717, 1.165) is 12.8 Å². The maximum atomic E-state index is 12.0. The maximum absolute atomic E-state index is 12.0. The number of nitrogens with zero attached hydrogens (tertiary/aromatic N) is 2. The fourth-order valence-electron chi connectivity index (χ4n) is 1.70. The molecule has 0 saturated heterocycles. The molecule has 0 heterocycles. The molecule has 1 aliphatic rings. The van der Waals surface area contributed by atoms with Gasteiger partial charge in [-0.05, 0) is 25.7 Å². The van der Waals surface area contributed by atoms with Gasteiger partial charge in [0.15, 0.2) is 0 Å². The Balaban J connectivity index is 2.42. The van der Waals surface area contributed by atoms with Crippen LogP contribution in [-0.4, -0.2) is 54.8 Å². The van der Waals surface area contributed by atoms with Crippen LogP contribution in [0.5, 0.6) is 0 Å². The lowest BCUT2D eigenvalue weighted by molar-refractivity contribution is -0.139. The molecular weight excluding hydrogens is 218 g/mol. The van der Waals surface area contributed by atoms with Crippen LogP contribution in [0, 0.1) is 5.92 Å². The quantitative estimate of drug-likeness (QED) is 0.714. The fourth-order valence-corrected chi connectivity index (χ4v) is 1.70. The van der Waals surface area contributed by atoms with Crippen LogP contribution in [0.1, 0.15) is 26.2 Å². The summed E-state index contributed by atoms with van der Waals surface area (Å²) in [6.07, 6.45) is 2.63. The smallest absolute Gasteiger partial charge is 0.241 e. The minimum atomic E-state index is -0.0554. The Bertz CT molecular complexity index is 287. The molecule has 1 atom stereocenters. The van der Waals surface area contributed by atoms with Gasteiger partial charge in [-0.15, -0.1) is 0 Å². The van der Waals surface area contributed by atoms with Crippen molar-refractivity contribution in [3.8, 4) is 0 Å². The zero-order valence-electron chi connectivity index (χ0n) is 11.0. The summed E-state index contributed by atoms with van der Waals surface area (Å²) in [5.74, 6) is 0.449. The van der Waals surface area contributed by atoms with Gasteiger partial charge in [0.05, 0.1) is 6.54 Å². The molecule has 1 saturated carbocycles. The minimum Gasteiger partial charge on any atom is -0.347 e. The summed E-state index contributed by atoms with van der Waals surface area (Å²) in [6.45, 7) is 2.58. The minimum absolute atomic E-state index is 0.0119. The van der Waals surface area contributed by atoms with Crippen molar-refractivity contribution in [2.24, 2.45) is 11.7 Å². The predicted molar refractivity (Wildman–Crippen MR) is 66.3 cm³/mol. The van der Waals surface area contributed by atoms with Crippen molar-refractivity contribution in [1.29, 1.82) is 0 Å². The van der Waals surface area contributed by atoms with Gasteiger partial charge in [0.25, 0.3) is 0 Å². The van der Waals surface area contributed by atoms with Gasteiger partial charge in [0.1, 0.15) is 0 Å². The summed E-state index contributed by atoms with van der Waals surface area (Å²) in [5, 5.41) is 0. The van der Waals surface area contributed by atoms with E-state index in [0.29, 0.717) is 18.9 Å². The molecule has 0 aromatic heterocycles. The van der Waals surface area contributed by atoms with Crippen molar-refractivity contribution in [3.63, 3.8) is 0 Å². The van der Waals surface area contributed by atoms with E-state index in [1.165, 1.54) is 4.90 Å². The monoisotopic (exact) mass is 241 g/mol. The Labute approximate surface area is 103 Å². The number of carbonyl (C=O) groups excluding carboxylic acids is 2. The zero-order chi connectivity index (χ0) is 13.0. The number of nitrogens with two attached hydrogens (primary N) is 1. The van der Waals surface area contributed by atoms with Gasteiger partial charge in [0, 0.05) is 33.1 Å². The second-order valence-corrected chi connectivity index (χ2v) is 4.90. The summed E-state index contributed by atoms with van der Waals surface area (Å²) >= 11 is 0. The van der Waals surface area contributed by atoms with Crippen molar-refractivity contribution in [3.05, 3.63) is 0 Å². The zero-order valence-corrected chi connectivity index (χ0v) is 11.0. The number of likely N-dealkylation sites (N-methyl/N-ethyl adjacent to an activating group) is 2. The average Bonchev–Trinajstić information content (AvgIpc) is 3.08. The molecule has 1 fully saturated rings. The highest BCUT2D eigenvalue weighted by Gasteiger charge is 2.31. The SMILES string of the molecule is CCN(CC(=O)N(C)C)C(=O)CC(N)C1CC1. The molecule has 5 nitrogen and oxygen atoms in total. The lowest BCUT2D eigenvalue weighted by atomic mass is 10.1. The number of amides is 2. The van der Waals surface area contributed by atoms with Crippen LogP contribution in [0.15, 0.2) is 0 Å². The molecule has 0 aliphatic heterocycles.